The molecule has 0 aromatic heterocycles. The fraction of sp³-hybridized carbons (Fsp3) is 0.320. The maximum absolute atomic E-state index is 13.1. The predicted molar refractivity (Wildman–Crippen MR) is 129 cm³/mol. The van der Waals surface area contributed by atoms with E-state index in [2.05, 4.69) is 0 Å². The van der Waals surface area contributed by atoms with Gasteiger partial charge in [0, 0.05) is 43.7 Å². The Kier molecular flexibility index (Phi) is 6.74. The van der Waals surface area contributed by atoms with E-state index in [0.717, 1.165) is 21.7 Å². The van der Waals surface area contributed by atoms with Crippen molar-refractivity contribution in [3.8, 4) is 0 Å². The van der Waals surface area contributed by atoms with Gasteiger partial charge in [0.1, 0.15) is 0 Å². The van der Waals surface area contributed by atoms with Crippen LogP contribution in [0.2, 0.25) is 0 Å². The van der Waals surface area contributed by atoms with E-state index in [-0.39, 0.29) is 17.9 Å². The third-order valence-electron chi connectivity index (χ3n) is 5.74. The smallest absolute Gasteiger partial charge is 0.409 e. The van der Waals surface area contributed by atoms with Crippen LogP contribution in [0.3, 0.4) is 0 Å². The van der Waals surface area contributed by atoms with Crippen LogP contribution in [0.15, 0.2) is 52.3 Å². The molecule has 0 saturated carbocycles. The van der Waals surface area contributed by atoms with Crippen LogP contribution in [0.25, 0.3) is 6.08 Å². The number of piperazine rings is 1. The Morgan fingerprint density at radius 1 is 1.06 bits per heavy atom. The summed E-state index contributed by atoms with van der Waals surface area (Å²) >= 11 is 1.42. The molecule has 2 aliphatic rings. The van der Waals surface area contributed by atoms with Gasteiger partial charge in [0.2, 0.25) is 0 Å². The number of fused-ring (bicyclic) bond motifs is 1. The van der Waals surface area contributed by atoms with E-state index in [4.69, 9.17) is 4.74 Å². The summed E-state index contributed by atoms with van der Waals surface area (Å²) in [5.41, 5.74) is 3.38. The summed E-state index contributed by atoms with van der Waals surface area (Å²) in [6.07, 6.45) is 1.56. The zero-order chi connectivity index (χ0) is 23.5. The Morgan fingerprint density at radius 2 is 1.79 bits per heavy atom. The third-order valence-corrected chi connectivity index (χ3v) is 6.81. The highest BCUT2D eigenvalue weighted by Gasteiger charge is 2.29. The Labute approximate surface area is 198 Å². The Balaban J connectivity index is 1.50. The molecule has 0 bridgehead atoms. The van der Waals surface area contributed by atoms with E-state index in [1.54, 1.807) is 40.8 Å². The molecule has 33 heavy (non-hydrogen) atoms. The second-order valence-corrected chi connectivity index (χ2v) is 9.13. The number of amides is 3. The van der Waals surface area contributed by atoms with Crippen LogP contribution in [0.1, 0.15) is 28.4 Å². The van der Waals surface area contributed by atoms with Crippen LogP contribution in [0, 0.1) is 6.92 Å². The summed E-state index contributed by atoms with van der Waals surface area (Å²) in [6, 6.07) is 13.5. The van der Waals surface area contributed by atoms with E-state index >= 15 is 0 Å². The number of aryl methyl sites for hydroxylation is 1. The van der Waals surface area contributed by atoms with Crippen molar-refractivity contribution >= 4 is 41.4 Å². The maximum atomic E-state index is 13.1. The number of thioether (sulfide) groups is 1. The number of likely N-dealkylation sites (N-methyl/N-ethyl adjacent to an activating group) is 1. The molecule has 4 rings (SSSR count). The second-order valence-electron chi connectivity index (χ2n) is 8.05. The van der Waals surface area contributed by atoms with Crippen molar-refractivity contribution in [3.05, 3.63) is 64.1 Å². The molecule has 2 heterocycles. The predicted octanol–water partition coefficient (Wildman–Crippen LogP) is 4.02. The summed E-state index contributed by atoms with van der Waals surface area (Å²) in [5, 5.41) is 0. The number of nitrogens with zero attached hydrogens (tertiary/aromatic N) is 3. The quantitative estimate of drug-likeness (QED) is 0.641. The number of ether oxygens (including phenoxy) is 1. The van der Waals surface area contributed by atoms with E-state index in [1.807, 2.05) is 43.3 Å². The van der Waals surface area contributed by atoms with Crippen LogP contribution >= 0.6 is 11.8 Å². The summed E-state index contributed by atoms with van der Waals surface area (Å²) in [4.78, 5) is 44.5. The first kappa shape index (κ1) is 22.9. The van der Waals surface area contributed by atoms with E-state index in [9.17, 15) is 14.4 Å². The van der Waals surface area contributed by atoms with E-state index < -0.39 is 0 Å². The van der Waals surface area contributed by atoms with Gasteiger partial charge in [0.15, 0.2) is 0 Å². The second kappa shape index (κ2) is 9.70. The topological polar surface area (TPSA) is 70.2 Å². The molecule has 8 heteroatoms. The van der Waals surface area contributed by atoms with Gasteiger partial charge in [-0.2, -0.15) is 0 Å². The highest BCUT2D eigenvalue weighted by molar-refractivity contribution is 8.04. The van der Waals surface area contributed by atoms with E-state index in [1.165, 1.54) is 11.8 Å². The average Bonchev–Trinajstić information content (AvgIpc) is 2.82. The highest BCUT2D eigenvalue weighted by Crippen LogP contribution is 2.42. The summed E-state index contributed by atoms with van der Waals surface area (Å²) < 4.78 is 5.04. The van der Waals surface area contributed by atoms with Crippen LogP contribution < -0.4 is 4.90 Å². The Bertz CT molecular complexity index is 1120. The molecule has 1 saturated heterocycles. The maximum Gasteiger partial charge on any atom is 0.409 e. The van der Waals surface area contributed by atoms with Crippen LogP contribution in [0.4, 0.5) is 10.5 Å². The molecule has 0 radical (unpaired) electrons. The van der Waals surface area contributed by atoms with Gasteiger partial charge in [0.25, 0.3) is 11.8 Å². The molecule has 1 fully saturated rings. The molecule has 0 unspecified atom stereocenters. The normalized spacial score (nSPS) is 17.2. The molecular formula is C25H27N3O4S. The van der Waals surface area contributed by atoms with Gasteiger partial charge in [-0.1, -0.05) is 41.6 Å². The standard InChI is InChI=1S/C25H27N3O4S/c1-4-32-25(31)28-12-10-27(11-13-28)23(29)19-8-9-21-20(16-19)26(3)24(30)22(33-21)15-18-7-5-6-17(2)14-18/h5-9,14-16H,4,10-13H2,1-3H3. The molecule has 0 aliphatic carbocycles. The first-order chi connectivity index (χ1) is 15.9. The minimum atomic E-state index is -0.343. The van der Waals surface area contributed by atoms with Crippen molar-refractivity contribution in [3.63, 3.8) is 0 Å². The average molecular weight is 466 g/mol. The highest BCUT2D eigenvalue weighted by atomic mass is 32.2. The van der Waals surface area contributed by atoms with Crippen LogP contribution in [-0.4, -0.2) is 67.5 Å². The Hall–Kier alpha value is -3.26. The van der Waals surface area contributed by atoms with Gasteiger partial charge in [0.05, 0.1) is 17.2 Å². The van der Waals surface area contributed by atoms with Crippen molar-refractivity contribution in [2.45, 2.75) is 18.7 Å². The van der Waals surface area contributed by atoms with Gasteiger partial charge in [-0.25, -0.2) is 4.79 Å². The zero-order valence-electron chi connectivity index (χ0n) is 19.0. The number of anilines is 1. The lowest BCUT2D eigenvalue weighted by Gasteiger charge is -2.34. The number of carbonyl (C=O) groups excluding carboxylic acids is 3. The van der Waals surface area contributed by atoms with Crippen LogP contribution in [-0.2, 0) is 9.53 Å². The van der Waals surface area contributed by atoms with Crippen molar-refractivity contribution in [2.75, 3.05) is 44.7 Å². The molecule has 7 nitrogen and oxygen atoms in total. The molecule has 0 N–H and O–H groups in total. The molecule has 2 aromatic carbocycles. The van der Waals surface area contributed by atoms with E-state index in [0.29, 0.717) is 43.3 Å². The molecule has 2 aromatic rings. The molecule has 2 aliphatic heterocycles. The zero-order valence-corrected chi connectivity index (χ0v) is 19.9. The largest absolute Gasteiger partial charge is 0.450 e. The van der Waals surface area contributed by atoms with Crippen molar-refractivity contribution in [1.82, 2.24) is 9.80 Å². The monoisotopic (exact) mass is 465 g/mol. The number of hydrogen-bond acceptors (Lipinski definition) is 5. The molecule has 172 valence electrons. The van der Waals surface area contributed by atoms with Crippen molar-refractivity contribution in [1.29, 1.82) is 0 Å². The number of benzene rings is 2. The van der Waals surface area contributed by atoms with Gasteiger partial charge in [-0.3, -0.25) is 9.59 Å². The van der Waals surface area contributed by atoms with Gasteiger partial charge < -0.3 is 19.4 Å². The van der Waals surface area contributed by atoms with Crippen molar-refractivity contribution < 1.29 is 19.1 Å². The molecule has 0 atom stereocenters. The summed E-state index contributed by atoms with van der Waals surface area (Å²) in [6.45, 7) is 5.90. The first-order valence-corrected chi connectivity index (χ1v) is 11.8. The molecule has 3 amide bonds. The summed E-state index contributed by atoms with van der Waals surface area (Å²) in [5.74, 6) is -0.199. The minimum Gasteiger partial charge on any atom is -0.450 e. The SMILES string of the molecule is CCOC(=O)N1CCN(C(=O)c2ccc3c(c2)N(C)C(=O)C(=Cc2cccc(C)c2)S3)CC1. The van der Waals surface area contributed by atoms with Gasteiger partial charge in [-0.05, 0) is 43.7 Å². The van der Waals surface area contributed by atoms with Gasteiger partial charge in [-0.15, -0.1) is 0 Å². The number of rotatable bonds is 3. The van der Waals surface area contributed by atoms with Gasteiger partial charge >= 0.3 is 6.09 Å². The Morgan fingerprint density at radius 3 is 2.48 bits per heavy atom. The fourth-order valence-corrected chi connectivity index (χ4v) is 5.02. The van der Waals surface area contributed by atoms with Crippen LogP contribution in [0.5, 0.6) is 0 Å². The molecule has 0 spiro atoms. The third kappa shape index (κ3) is 4.90. The fourth-order valence-electron chi connectivity index (χ4n) is 3.93. The lowest BCUT2D eigenvalue weighted by molar-refractivity contribution is -0.114. The summed E-state index contributed by atoms with van der Waals surface area (Å²) in [7, 11) is 1.73. The lowest BCUT2D eigenvalue weighted by Crippen LogP contribution is -2.50. The lowest BCUT2D eigenvalue weighted by atomic mass is 10.1. The molecular weight excluding hydrogens is 438 g/mol. The minimum absolute atomic E-state index is 0.0957. The van der Waals surface area contributed by atoms with Crippen molar-refractivity contribution in [2.24, 2.45) is 0 Å². The number of hydrogen-bond donors (Lipinski definition) is 0. The first-order valence-electron chi connectivity index (χ1n) is 11.0. The number of carbonyl (C=O) groups is 3.